The van der Waals surface area contributed by atoms with E-state index < -0.39 is 0 Å². The summed E-state index contributed by atoms with van der Waals surface area (Å²) in [6.45, 7) is 1.67. The van der Waals surface area contributed by atoms with Crippen LogP contribution < -0.4 is 0 Å². The van der Waals surface area contributed by atoms with Crippen LogP contribution in [0.5, 0.6) is 0 Å². The predicted octanol–water partition coefficient (Wildman–Crippen LogP) is 4.71. The fourth-order valence-corrected chi connectivity index (χ4v) is 4.53. The number of halogens is 1. The smallest absolute Gasteiger partial charge is 0.225 e. The summed E-state index contributed by atoms with van der Waals surface area (Å²) in [5.74, 6) is 0.692. The van der Waals surface area contributed by atoms with E-state index in [9.17, 15) is 9.18 Å². The first-order valence-corrected chi connectivity index (χ1v) is 10.2. The second kappa shape index (κ2) is 8.20. The fourth-order valence-electron chi connectivity index (χ4n) is 4.53. The molecule has 1 saturated heterocycles. The van der Waals surface area contributed by atoms with Crippen molar-refractivity contribution in [1.29, 1.82) is 0 Å². The van der Waals surface area contributed by atoms with Crippen molar-refractivity contribution in [3.63, 3.8) is 0 Å². The molecular formula is C23H27FN2O. The zero-order valence-corrected chi connectivity index (χ0v) is 15.7. The van der Waals surface area contributed by atoms with Gasteiger partial charge in [-0.2, -0.15) is 0 Å². The topological polar surface area (TPSA) is 33.2 Å². The lowest BCUT2D eigenvalue weighted by Crippen LogP contribution is -2.42. The third-order valence-electron chi connectivity index (χ3n) is 5.96. The molecule has 1 aliphatic carbocycles. The van der Waals surface area contributed by atoms with Gasteiger partial charge in [-0.05, 0) is 55.5 Å². The van der Waals surface area contributed by atoms with E-state index in [1.807, 2.05) is 18.2 Å². The van der Waals surface area contributed by atoms with E-state index in [4.69, 9.17) is 4.98 Å². The summed E-state index contributed by atoms with van der Waals surface area (Å²) in [6.07, 6.45) is 7.24. The van der Waals surface area contributed by atoms with Crippen molar-refractivity contribution in [3.8, 4) is 0 Å². The van der Waals surface area contributed by atoms with Gasteiger partial charge in [0.25, 0.3) is 0 Å². The van der Waals surface area contributed by atoms with E-state index in [0.717, 1.165) is 55.7 Å². The number of carbonyl (C=O) groups is 1. The average molecular weight is 366 g/mol. The second-order valence-corrected chi connectivity index (χ2v) is 7.97. The van der Waals surface area contributed by atoms with Crippen LogP contribution in [0.3, 0.4) is 0 Å². The highest BCUT2D eigenvalue weighted by Gasteiger charge is 2.31. The molecular weight excluding hydrogens is 339 g/mol. The van der Waals surface area contributed by atoms with Gasteiger partial charge in [0, 0.05) is 42.7 Å². The van der Waals surface area contributed by atoms with Crippen LogP contribution in [-0.4, -0.2) is 28.9 Å². The normalized spacial score (nSPS) is 20.8. The number of benzene rings is 1. The SMILES string of the molecule is O=C(C1CCCC1)N1CCC[C@@H](c2cccc(Cc3cccc(F)c3)n2)C1. The summed E-state index contributed by atoms with van der Waals surface area (Å²) in [7, 11) is 0. The molecule has 2 fully saturated rings. The first-order chi connectivity index (χ1) is 13.2. The highest BCUT2D eigenvalue weighted by atomic mass is 19.1. The molecule has 2 aromatic rings. The third-order valence-corrected chi connectivity index (χ3v) is 5.96. The number of rotatable bonds is 4. The van der Waals surface area contributed by atoms with Gasteiger partial charge in [-0.25, -0.2) is 4.39 Å². The highest BCUT2D eigenvalue weighted by molar-refractivity contribution is 5.79. The number of amides is 1. The van der Waals surface area contributed by atoms with Gasteiger partial charge in [0.2, 0.25) is 5.91 Å². The fraction of sp³-hybridized carbons (Fsp3) is 0.478. The van der Waals surface area contributed by atoms with Crippen molar-refractivity contribution in [2.45, 2.75) is 50.9 Å². The van der Waals surface area contributed by atoms with Gasteiger partial charge in [0.05, 0.1) is 0 Å². The summed E-state index contributed by atoms with van der Waals surface area (Å²) in [6, 6.07) is 12.8. The zero-order chi connectivity index (χ0) is 18.6. The van der Waals surface area contributed by atoms with E-state index in [2.05, 4.69) is 11.0 Å². The highest BCUT2D eigenvalue weighted by Crippen LogP contribution is 2.31. The zero-order valence-electron chi connectivity index (χ0n) is 15.7. The number of hydrogen-bond donors (Lipinski definition) is 0. The predicted molar refractivity (Wildman–Crippen MR) is 104 cm³/mol. The molecule has 27 heavy (non-hydrogen) atoms. The molecule has 0 spiro atoms. The van der Waals surface area contributed by atoms with Crippen molar-refractivity contribution in [2.75, 3.05) is 13.1 Å². The van der Waals surface area contributed by atoms with E-state index in [-0.39, 0.29) is 11.7 Å². The lowest BCUT2D eigenvalue weighted by Gasteiger charge is -2.34. The van der Waals surface area contributed by atoms with Gasteiger partial charge in [0.1, 0.15) is 5.82 Å². The number of nitrogens with zero attached hydrogens (tertiary/aromatic N) is 2. The molecule has 1 amide bonds. The number of hydrogen-bond acceptors (Lipinski definition) is 2. The van der Waals surface area contributed by atoms with Crippen molar-refractivity contribution >= 4 is 5.91 Å². The number of carbonyl (C=O) groups excluding carboxylic acids is 1. The minimum absolute atomic E-state index is 0.211. The van der Waals surface area contributed by atoms with E-state index in [1.165, 1.54) is 18.9 Å². The molecule has 2 heterocycles. The Kier molecular flexibility index (Phi) is 5.51. The van der Waals surface area contributed by atoms with Crippen LogP contribution >= 0.6 is 0 Å². The Balaban J connectivity index is 1.45. The summed E-state index contributed by atoms with van der Waals surface area (Å²) in [5, 5.41) is 0. The van der Waals surface area contributed by atoms with E-state index >= 15 is 0 Å². The van der Waals surface area contributed by atoms with Gasteiger partial charge < -0.3 is 4.90 Å². The molecule has 0 bridgehead atoms. The monoisotopic (exact) mass is 366 g/mol. The first-order valence-electron chi connectivity index (χ1n) is 10.2. The number of piperidine rings is 1. The first kappa shape index (κ1) is 18.1. The summed E-state index contributed by atoms with van der Waals surface area (Å²) in [4.78, 5) is 19.7. The molecule has 4 heteroatoms. The molecule has 0 unspecified atom stereocenters. The largest absolute Gasteiger partial charge is 0.342 e. The molecule has 142 valence electrons. The Morgan fingerprint density at radius 1 is 1.07 bits per heavy atom. The Labute approximate surface area is 160 Å². The molecule has 1 aliphatic heterocycles. The Morgan fingerprint density at radius 3 is 2.70 bits per heavy atom. The van der Waals surface area contributed by atoms with Crippen molar-refractivity contribution in [3.05, 3.63) is 65.2 Å². The molecule has 1 aromatic carbocycles. The molecule has 1 saturated carbocycles. The van der Waals surface area contributed by atoms with Crippen molar-refractivity contribution in [2.24, 2.45) is 5.92 Å². The van der Waals surface area contributed by atoms with Gasteiger partial charge in [0.15, 0.2) is 0 Å². The maximum Gasteiger partial charge on any atom is 0.225 e. The molecule has 0 N–H and O–H groups in total. The van der Waals surface area contributed by atoms with Crippen LogP contribution in [-0.2, 0) is 11.2 Å². The maximum absolute atomic E-state index is 13.4. The average Bonchev–Trinajstić information content (AvgIpc) is 3.23. The van der Waals surface area contributed by atoms with E-state index in [0.29, 0.717) is 18.2 Å². The van der Waals surface area contributed by atoms with Gasteiger partial charge >= 0.3 is 0 Å². The Bertz CT molecular complexity index is 800. The Morgan fingerprint density at radius 2 is 1.89 bits per heavy atom. The molecule has 4 rings (SSSR count). The van der Waals surface area contributed by atoms with Crippen molar-refractivity contribution < 1.29 is 9.18 Å². The number of aromatic nitrogens is 1. The standard InChI is InChI=1S/C23H27FN2O/c24-20-10-3-6-17(14-20)15-21-11-4-12-22(25-21)19-9-5-13-26(16-19)23(27)18-7-1-2-8-18/h3-4,6,10-12,14,18-19H,1-2,5,7-9,13,15-16H2/t19-/m1/s1. The molecule has 0 radical (unpaired) electrons. The molecule has 1 atom stereocenters. The quantitative estimate of drug-likeness (QED) is 0.785. The lowest BCUT2D eigenvalue weighted by molar-refractivity contribution is -0.136. The van der Waals surface area contributed by atoms with Crippen LogP contribution in [0.2, 0.25) is 0 Å². The van der Waals surface area contributed by atoms with Crippen molar-refractivity contribution in [1.82, 2.24) is 9.88 Å². The van der Waals surface area contributed by atoms with Gasteiger partial charge in [-0.3, -0.25) is 9.78 Å². The van der Waals surface area contributed by atoms with Gasteiger partial charge in [-0.15, -0.1) is 0 Å². The van der Waals surface area contributed by atoms with E-state index in [1.54, 1.807) is 12.1 Å². The Hall–Kier alpha value is -2.23. The number of likely N-dealkylation sites (tertiary alicyclic amines) is 1. The molecule has 2 aliphatic rings. The minimum atomic E-state index is -0.211. The summed E-state index contributed by atoms with van der Waals surface area (Å²) < 4.78 is 13.4. The van der Waals surface area contributed by atoms with Crippen LogP contribution in [0.15, 0.2) is 42.5 Å². The van der Waals surface area contributed by atoms with Crippen LogP contribution in [0.1, 0.15) is 61.4 Å². The lowest BCUT2D eigenvalue weighted by atomic mass is 9.92. The summed E-state index contributed by atoms with van der Waals surface area (Å²) >= 11 is 0. The van der Waals surface area contributed by atoms with Crippen LogP contribution in [0, 0.1) is 11.7 Å². The maximum atomic E-state index is 13.4. The third kappa shape index (κ3) is 4.37. The van der Waals surface area contributed by atoms with Gasteiger partial charge in [-0.1, -0.05) is 31.0 Å². The van der Waals surface area contributed by atoms with Crippen LogP contribution in [0.4, 0.5) is 4.39 Å². The molecule has 3 nitrogen and oxygen atoms in total. The summed E-state index contributed by atoms with van der Waals surface area (Å²) in [5.41, 5.74) is 2.95. The minimum Gasteiger partial charge on any atom is -0.342 e. The number of pyridine rings is 1. The van der Waals surface area contributed by atoms with Crippen LogP contribution in [0.25, 0.3) is 0 Å². The second-order valence-electron chi connectivity index (χ2n) is 7.97. The molecule has 1 aromatic heterocycles.